The van der Waals surface area contributed by atoms with Crippen molar-refractivity contribution in [2.75, 3.05) is 6.54 Å². The van der Waals surface area contributed by atoms with Gasteiger partial charge in [0.15, 0.2) is 0 Å². The molecule has 23 heavy (non-hydrogen) atoms. The predicted molar refractivity (Wildman–Crippen MR) is 98.2 cm³/mol. The molecule has 0 unspecified atom stereocenters. The number of aryl methyl sites for hydroxylation is 2. The van der Waals surface area contributed by atoms with Crippen LogP contribution in [0.3, 0.4) is 0 Å². The third kappa shape index (κ3) is 6.51. The summed E-state index contributed by atoms with van der Waals surface area (Å²) in [7, 11) is 0. The minimum Gasteiger partial charge on any atom is -0.444 e. The zero-order valence-corrected chi connectivity index (χ0v) is 16.4. The van der Waals surface area contributed by atoms with Crippen molar-refractivity contribution >= 4 is 17.4 Å². The Morgan fingerprint density at radius 3 is 2.26 bits per heavy atom. The second-order valence-corrected chi connectivity index (χ2v) is 8.62. The van der Waals surface area contributed by atoms with E-state index in [1.54, 1.807) is 0 Å². The first-order chi connectivity index (χ1) is 10.6. The Morgan fingerprint density at radius 1 is 1.22 bits per heavy atom. The molecule has 0 radical (unpaired) electrons. The van der Waals surface area contributed by atoms with E-state index in [1.807, 2.05) is 32.1 Å². The highest BCUT2D eigenvalue weighted by molar-refractivity contribution is 7.12. The van der Waals surface area contributed by atoms with Gasteiger partial charge in [-0.1, -0.05) is 13.8 Å². The zero-order valence-electron chi connectivity index (χ0n) is 15.6. The predicted octanol–water partition coefficient (Wildman–Crippen LogP) is 4.54. The van der Waals surface area contributed by atoms with E-state index in [0.29, 0.717) is 0 Å². The summed E-state index contributed by atoms with van der Waals surface area (Å²) >= 11 is 1.83. The van der Waals surface area contributed by atoms with Crippen LogP contribution in [0.25, 0.3) is 0 Å². The molecule has 1 heterocycles. The Bertz CT molecular complexity index is 514. The molecule has 2 N–H and O–H groups in total. The van der Waals surface area contributed by atoms with Gasteiger partial charge in [0.05, 0.1) is 5.54 Å². The van der Waals surface area contributed by atoms with E-state index in [-0.39, 0.29) is 11.6 Å². The summed E-state index contributed by atoms with van der Waals surface area (Å²) in [5, 5.41) is 6.57. The normalized spacial score (nSPS) is 12.3. The molecule has 0 aromatic carbocycles. The summed E-state index contributed by atoms with van der Waals surface area (Å²) < 4.78 is 5.41. The van der Waals surface area contributed by atoms with Crippen molar-refractivity contribution in [3.63, 3.8) is 0 Å². The van der Waals surface area contributed by atoms with Crippen molar-refractivity contribution in [3.05, 3.63) is 21.4 Å². The van der Waals surface area contributed by atoms with Crippen LogP contribution in [-0.4, -0.2) is 23.8 Å². The Balaban J connectivity index is 2.62. The molecule has 0 aliphatic heterocycles. The fourth-order valence-electron chi connectivity index (χ4n) is 2.54. The Kier molecular flexibility index (Phi) is 7.08. The van der Waals surface area contributed by atoms with E-state index in [1.165, 1.54) is 15.3 Å². The van der Waals surface area contributed by atoms with Crippen LogP contribution in [0.15, 0.2) is 6.07 Å². The number of hydrogen-bond donors (Lipinski definition) is 2. The summed E-state index contributed by atoms with van der Waals surface area (Å²) in [5.41, 5.74) is 0.586. The van der Waals surface area contributed by atoms with E-state index in [2.05, 4.69) is 44.4 Å². The Morgan fingerprint density at radius 2 is 1.83 bits per heavy atom. The highest BCUT2D eigenvalue weighted by Crippen LogP contribution is 2.21. The maximum absolute atomic E-state index is 12.1. The maximum Gasteiger partial charge on any atom is 0.408 e. The summed E-state index contributed by atoms with van der Waals surface area (Å²) in [5.74, 6) is 0. The van der Waals surface area contributed by atoms with Gasteiger partial charge in [-0.25, -0.2) is 4.79 Å². The molecule has 0 saturated carbocycles. The van der Waals surface area contributed by atoms with Crippen molar-refractivity contribution in [2.45, 2.75) is 79.0 Å². The molecule has 0 saturated heterocycles. The van der Waals surface area contributed by atoms with Gasteiger partial charge < -0.3 is 15.4 Å². The third-order valence-corrected chi connectivity index (χ3v) is 5.05. The minimum absolute atomic E-state index is 0.276. The first kappa shape index (κ1) is 20.0. The molecular formula is C18H32N2O2S. The van der Waals surface area contributed by atoms with Gasteiger partial charge in [-0.15, -0.1) is 11.3 Å². The molecule has 0 bridgehead atoms. The minimum atomic E-state index is -0.476. The standard InChI is InChI=1S/C18H32N2O2S/c1-8-18(9-2,20-16(21)22-17(5,6)7)12-19-11-15-10-13(3)23-14(15)4/h10,19H,8-9,11-12H2,1-7H3,(H,20,21). The lowest BCUT2D eigenvalue weighted by Crippen LogP contribution is -2.55. The lowest BCUT2D eigenvalue weighted by Gasteiger charge is -2.34. The molecule has 0 atom stereocenters. The van der Waals surface area contributed by atoms with Crippen molar-refractivity contribution in [1.82, 2.24) is 10.6 Å². The fourth-order valence-corrected chi connectivity index (χ4v) is 3.48. The number of hydrogen-bond acceptors (Lipinski definition) is 4. The monoisotopic (exact) mass is 340 g/mol. The van der Waals surface area contributed by atoms with Crippen LogP contribution < -0.4 is 10.6 Å². The quantitative estimate of drug-likeness (QED) is 0.766. The van der Waals surface area contributed by atoms with Crippen LogP contribution in [0.4, 0.5) is 4.79 Å². The summed E-state index contributed by atoms with van der Waals surface area (Å²) in [6, 6.07) is 2.23. The first-order valence-corrected chi connectivity index (χ1v) is 9.20. The van der Waals surface area contributed by atoms with Crippen LogP contribution in [0.1, 0.15) is 62.8 Å². The lowest BCUT2D eigenvalue weighted by atomic mass is 9.92. The number of rotatable bonds is 7. The number of carbonyl (C=O) groups excluding carboxylic acids is 1. The topological polar surface area (TPSA) is 50.4 Å². The zero-order chi connectivity index (χ0) is 17.7. The number of thiophene rings is 1. The molecule has 0 fully saturated rings. The molecule has 1 amide bonds. The largest absolute Gasteiger partial charge is 0.444 e. The molecule has 0 aliphatic rings. The highest BCUT2D eigenvalue weighted by atomic mass is 32.1. The number of ether oxygens (including phenoxy) is 1. The van der Waals surface area contributed by atoms with Crippen LogP contribution in [0.5, 0.6) is 0 Å². The highest BCUT2D eigenvalue weighted by Gasteiger charge is 2.30. The van der Waals surface area contributed by atoms with Crippen molar-refractivity contribution in [3.8, 4) is 0 Å². The van der Waals surface area contributed by atoms with E-state index in [9.17, 15) is 4.79 Å². The Hall–Kier alpha value is -1.07. The number of carbonyl (C=O) groups is 1. The molecule has 1 aromatic heterocycles. The van der Waals surface area contributed by atoms with Crippen LogP contribution in [0.2, 0.25) is 0 Å². The van der Waals surface area contributed by atoms with Crippen molar-refractivity contribution in [2.24, 2.45) is 0 Å². The maximum atomic E-state index is 12.1. The molecule has 132 valence electrons. The molecular weight excluding hydrogens is 308 g/mol. The summed E-state index contributed by atoms with van der Waals surface area (Å²) in [4.78, 5) is 14.8. The molecule has 5 heteroatoms. The number of alkyl carbamates (subject to hydrolysis) is 1. The van der Waals surface area contributed by atoms with Gasteiger partial charge in [-0.2, -0.15) is 0 Å². The van der Waals surface area contributed by atoms with E-state index in [0.717, 1.165) is 25.9 Å². The third-order valence-electron chi connectivity index (χ3n) is 4.04. The van der Waals surface area contributed by atoms with Gasteiger partial charge in [-0.05, 0) is 59.1 Å². The average Bonchev–Trinajstić information content (AvgIpc) is 2.73. The van der Waals surface area contributed by atoms with Gasteiger partial charge in [-0.3, -0.25) is 0 Å². The summed E-state index contributed by atoms with van der Waals surface area (Å²) in [6.45, 7) is 15.7. The first-order valence-electron chi connectivity index (χ1n) is 8.38. The van der Waals surface area contributed by atoms with Gasteiger partial charge in [0.1, 0.15) is 5.60 Å². The van der Waals surface area contributed by atoms with Gasteiger partial charge in [0, 0.05) is 22.8 Å². The molecule has 0 aliphatic carbocycles. The molecule has 1 aromatic rings. The van der Waals surface area contributed by atoms with Crippen molar-refractivity contribution in [1.29, 1.82) is 0 Å². The molecule has 0 spiro atoms. The number of amides is 1. The van der Waals surface area contributed by atoms with Gasteiger partial charge in [0.25, 0.3) is 0 Å². The second kappa shape index (κ2) is 8.15. The van der Waals surface area contributed by atoms with Crippen LogP contribution in [0, 0.1) is 13.8 Å². The second-order valence-electron chi connectivity index (χ2n) is 7.16. The van der Waals surface area contributed by atoms with E-state index >= 15 is 0 Å². The smallest absolute Gasteiger partial charge is 0.408 e. The van der Waals surface area contributed by atoms with Crippen LogP contribution >= 0.6 is 11.3 Å². The lowest BCUT2D eigenvalue weighted by molar-refractivity contribution is 0.0446. The van der Waals surface area contributed by atoms with Crippen molar-refractivity contribution < 1.29 is 9.53 Å². The summed E-state index contributed by atoms with van der Waals surface area (Å²) in [6.07, 6.45) is 1.37. The number of nitrogens with one attached hydrogen (secondary N) is 2. The SMILES string of the molecule is CCC(CC)(CNCc1cc(C)sc1C)NC(=O)OC(C)(C)C. The van der Waals surface area contributed by atoms with Gasteiger partial charge in [0.2, 0.25) is 0 Å². The van der Waals surface area contributed by atoms with Crippen LogP contribution in [-0.2, 0) is 11.3 Å². The van der Waals surface area contributed by atoms with Gasteiger partial charge >= 0.3 is 6.09 Å². The van der Waals surface area contributed by atoms with E-state index in [4.69, 9.17) is 4.74 Å². The Labute approximate surface area is 145 Å². The molecule has 1 rings (SSSR count). The fraction of sp³-hybridized carbons (Fsp3) is 0.722. The molecule has 4 nitrogen and oxygen atoms in total. The average molecular weight is 341 g/mol. The van der Waals surface area contributed by atoms with E-state index < -0.39 is 5.60 Å².